The van der Waals surface area contributed by atoms with Crippen molar-refractivity contribution in [1.29, 1.82) is 0 Å². The zero-order chi connectivity index (χ0) is 28.9. The molecule has 1 saturated heterocycles. The minimum absolute atomic E-state index is 0.0686. The zero-order valence-corrected chi connectivity index (χ0v) is 24.6. The molecule has 1 amide bonds. The number of aromatic nitrogens is 3. The predicted molar refractivity (Wildman–Crippen MR) is 168 cm³/mol. The molecule has 6 rings (SSSR count). The lowest BCUT2D eigenvalue weighted by Crippen LogP contribution is -2.38. The summed E-state index contributed by atoms with van der Waals surface area (Å²) in [5.41, 5.74) is 3.38. The number of pyridine rings is 1. The van der Waals surface area contributed by atoms with Gasteiger partial charge >= 0.3 is 0 Å². The van der Waals surface area contributed by atoms with E-state index in [4.69, 9.17) is 9.72 Å². The van der Waals surface area contributed by atoms with Crippen molar-refractivity contribution in [1.82, 2.24) is 20.3 Å². The molecule has 2 fully saturated rings. The molecule has 1 unspecified atom stereocenters. The highest BCUT2D eigenvalue weighted by molar-refractivity contribution is 6.04. The fraction of sp³-hybridized carbons (Fsp3) is 0.412. The Morgan fingerprint density at radius 2 is 1.88 bits per heavy atom. The van der Waals surface area contributed by atoms with Crippen LogP contribution in [0.1, 0.15) is 63.9 Å². The number of fused-ring (bicyclic) bond motifs is 1. The number of nitrogens with zero attached hydrogens (tertiary/aromatic N) is 3. The van der Waals surface area contributed by atoms with E-state index in [2.05, 4.69) is 38.9 Å². The Bertz CT molecular complexity index is 1560. The maximum atomic E-state index is 13.2. The van der Waals surface area contributed by atoms with Crippen molar-refractivity contribution < 1.29 is 9.53 Å². The summed E-state index contributed by atoms with van der Waals surface area (Å²) in [5.74, 6) is 1.85. The van der Waals surface area contributed by atoms with Gasteiger partial charge in [-0.25, -0.2) is 15.0 Å². The third kappa shape index (κ3) is 6.39. The lowest BCUT2D eigenvalue weighted by atomic mass is 9.73. The normalized spacial score (nSPS) is 18.4. The molecule has 0 spiro atoms. The summed E-state index contributed by atoms with van der Waals surface area (Å²) in [6.45, 7) is 6.23. The number of amides is 1. The summed E-state index contributed by atoms with van der Waals surface area (Å²) >= 11 is 0. The van der Waals surface area contributed by atoms with Crippen molar-refractivity contribution >= 4 is 28.3 Å². The second kappa shape index (κ2) is 12.4. The van der Waals surface area contributed by atoms with Crippen LogP contribution < -0.4 is 20.7 Å². The molecule has 1 atom stereocenters. The molecule has 0 bridgehead atoms. The van der Waals surface area contributed by atoms with E-state index in [0.29, 0.717) is 30.0 Å². The number of carbonyl (C=O) groups excluding carboxylic acids is 1. The van der Waals surface area contributed by atoms with Crippen molar-refractivity contribution in [3.05, 3.63) is 66.5 Å². The molecule has 2 aromatic carbocycles. The highest BCUT2D eigenvalue weighted by Crippen LogP contribution is 2.41. The fourth-order valence-corrected chi connectivity index (χ4v) is 6.35. The molecule has 1 aliphatic heterocycles. The monoisotopic (exact) mass is 564 g/mol. The Morgan fingerprint density at radius 1 is 1.00 bits per heavy atom. The van der Waals surface area contributed by atoms with E-state index >= 15 is 0 Å². The van der Waals surface area contributed by atoms with Crippen molar-refractivity contribution in [3.8, 4) is 22.9 Å². The number of hydrogen-bond donors (Lipinski definition) is 3. The molecule has 1 saturated carbocycles. The van der Waals surface area contributed by atoms with Gasteiger partial charge in [-0.3, -0.25) is 4.79 Å². The average Bonchev–Trinajstić information content (AvgIpc) is 3.00. The summed E-state index contributed by atoms with van der Waals surface area (Å²) in [7, 11) is 0. The Balaban J connectivity index is 1.26. The Morgan fingerprint density at radius 3 is 2.71 bits per heavy atom. The summed E-state index contributed by atoms with van der Waals surface area (Å²) in [6, 6.07) is 16.1. The van der Waals surface area contributed by atoms with E-state index in [1.165, 1.54) is 19.3 Å². The summed E-state index contributed by atoms with van der Waals surface area (Å²) in [5, 5.41) is 11.9. The van der Waals surface area contributed by atoms with Crippen molar-refractivity contribution in [2.24, 2.45) is 5.41 Å². The van der Waals surface area contributed by atoms with Crippen LogP contribution in [-0.4, -0.2) is 40.0 Å². The molecule has 3 N–H and O–H groups in total. The van der Waals surface area contributed by atoms with Crippen LogP contribution in [-0.2, 0) is 4.79 Å². The Hall–Kier alpha value is -4.04. The number of aryl methyl sites for hydroxylation is 1. The average molecular weight is 565 g/mol. The smallest absolute Gasteiger partial charge is 0.228 e. The molecule has 8 nitrogen and oxygen atoms in total. The van der Waals surface area contributed by atoms with Crippen LogP contribution in [0.4, 0.5) is 11.6 Å². The van der Waals surface area contributed by atoms with E-state index in [9.17, 15) is 4.79 Å². The van der Waals surface area contributed by atoms with E-state index in [1.807, 2.05) is 49.4 Å². The fourth-order valence-electron chi connectivity index (χ4n) is 6.35. The molecule has 42 heavy (non-hydrogen) atoms. The number of piperidine rings is 1. The van der Waals surface area contributed by atoms with Crippen molar-refractivity contribution in [3.63, 3.8) is 0 Å². The standard InChI is InChI=1S/C34H40N6O2/c1-23-13-14-25-26(10-6-12-28(25)39-30(41)21-34(2)16-4-3-5-17-34)31(23)42-32-27(11-8-19-36-32)29-15-20-37-33(40-29)38-24-9-7-18-35-22-24/h6,8,10-15,19-20,24,35H,3-5,7,9,16-18,21-22H2,1-2H3,(H,39,41)(H,37,38,40). The van der Waals surface area contributed by atoms with Gasteiger partial charge in [-0.2, -0.15) is 0 Å². The third-order valence-electron chi connectivity index (χ3n) is 8.66. The first-order valence-corrected chi connectivity index (χ1v) is 15.2. The molecule has 8 heteroatoms. The minimum atomic E-state index is 0.0686. The lowest BCUT2D eigenvalue weighted by Gasteiger charge is -2.32. The van der Waals surface area contributed by atoms with E-state index in [1.54, 1.807) is 12.4 Å². The van der Waals surface area contributed by atoms with Gasteiger partial charge in [0.1, 0.15) is 5.75 Å². The van der Waals surface area contributed by atoms with Gasteiger partial charge in [0.25, 0.3) is 0 Å². The maximum absolute atomic E-state index is 13.2. The van der Waals surface area contributed by atoms with Gasteiger partial charge in [-0.1, -0.05) is 50.5 Å². The third-order valence-corrected chi connectivity index (χ3v) is 8.66. The first kappa shape index (κ1) is 28.1. The highest BCUT2D eigenvalue weighted by atomic mass is 16.5. The van der Waals surface area contributed by atoms with Gasteiger partial charge in [-0.15, -0.1) is 0 Å². The van der Waals surface area contributed by atoms with E-state index in [0.717, 1.165) is 72.1 Å². The highest BCUT2D eigenvalue weighted by Gasteiger charge is 2.29. The van der Waals surface area contributed by atoms with Crippen LogP contribution >= 0.6 is 0 Å². The first-order valence-electron chi connectivity index (χ1n) is 15.2. The number of benzene rings is 2. The molecular weight excluding hydrogens is 524 g/mol. The van der Waals surface area contributed by atoms with Gasteiger partial charge in [-0.05, 0) is 74.4 Å². The van der Waals surface area contributed by atoms with Gasteiger partial charge in [0, 0.05) is 47.9 Å². The predicted octanol–water partition coefficient (Wildman–Crippen LogP) is 7.26. The Labute approximate surface area is 247 Å². The van der Waals surface area contributed by atoms with Crippen LogP contribution in [0.5, 0.6) is 11.6 Å². The Kier molecular flexibility index (Phi) is 8.33. The van der Waals surface area contributed by atoms with E-state index in [-0.39, 0.29) is 11.3 Å². The molecular formula is C34H40N6O2. The van der Waals surface area contributed by atoms with Crippen molar-refractivity contribution in [2.75, 3.05) is 23.7 Å². The van der Waals surface area contributed by atoms with Gasteiger partial charge in [0.15, 0.2) is 0 Å². The number of carbonyl (C=O) groups is 1. The lowest BCUT2D eigenvalue weighted by molar-refractivity contribution is -0.118. The van der Waals surface area contributed by atoms with Gasteiger partial charge in [0.2, 0.25) is 17.7 Å². The molecule has 2 aliphatic rings. The number of rotatable bonds is 8. The number of ether oxygens (including phenoxy) is 1. The topological polar surface area (TPSA) is 101 Å². The SMILES string of the molecule is Cc1ccc2c(NC(=O)CC3(C)CCCCC3)cccc2c1Oc1ncccc1-c1ccnc(NC2CCCNC2)n1. The number of nitrogens with one attached hydrogen (secondary N) is 3. The second-order valence-electron chi connectivity index (χ2n) is 12.1. The van der Waals surface area contributed by atoms with Crippen LogP contribution in [0.25, 0.3) is 22.0 Å². The molecule has 1 aliphatic carbocycles. The van der Waals surface area contributed by atoms with E-state index < -0.39 is 0 Å². The minimum Gasteiger partial charge on any atom is -0.437 e. The summed E-state index contributed by atoms with van der Waals surface area (Å²) in [4.78, 5) is 27.0. The maximum Gasteiger partial charge on any atom is 0.228 e. The van der Waals surface area contributed by atoms with Crippen molar-refractivity contribution in [2.45, 2.75) is 71.3 Å². The molecule has 4 aromatic rings. The first-order chi connectivity index (χ1) is 20.5. The summed E-state index contributed by atoms with van der Waals surface area (Å²) < 4.78 is 6.58. The van der Waals surface area contributed by atoms with Crippen LogP contribution in [0.2, 0.25) is 0 Å². The van der Waals surface area contributed by atoms with Crippen LogP contribution in [0.3, 0.4) is 0 Å². The number of anilines is 2. The molecule has 0 radical (unpaired) electrons. The quantitative estimate of drug-likeness (QED) is 0.207. The second-order valence-corrected chi connectivity index (χ2v) is 12.1. The molecule has 218 valence electrons. The summed E-state index contributed by atoms with van der Waals surface area (Å²) in [6.07, 6.45) is 12.2. The number of hydrogen-bond acceptors (Lipinski definition) is 7. The molecule has 3 heterocycles. The van der Waals surface area contributed by atoms with Crippen LogP contribution in [0, 0.1) is 12.3 Å². The zero-order valence-electron chi connectivity index (χ0n) is 24.6. The largest absolute Gasteiger partial charge is 0.437 e. The van der Waals surface area contributed by atoms with Gasteiger partial charge in [0.05, 0.1) is 11.3 Å². The van der Waals surface area contributed by atoms with Gasteiger partial charge < -0.3 is 20.7 Å². The van der Waals surface area contributed by atoms with Crippen LogP contribution in [0.15, 0.2) is 60.9 Å². The molecule has 2 aromatic heterocycles.